The standard InChI is InChI=1S/C11H13ClO2/c1-3-11(2,10(13)14)8-4-6-9(12)7-5-8/h4-7H,3H2,1-2H3,(H,13,14). The highest BCUT2D eigenvalue weighted by Crippen LogP contribution is 2.28. The van der Waals surface area contributed by atoms with Gasteiger partial charge in [-0.2, -0.15) is 0 Å². The molecule has 76 valence electrons. The fourth-order valence-electron chi connectivity index (χ4n) is 1.30. The van der Waals surface area contributed by atoms with Crippen LogP contribution in [-0.2, 0) is 10.2 Å². The van der Waals surface area contributed by atoms with Crippen LogP contribution in [0.5, 0.6) is 0 Å². The van der Waals surface area contributed by atoms with Crippen molar-refractivity contribution in [1.82, 2.24) is 0 Å². The van der Waals surface area contributed by atoms with Gasteiger partial charge in [0.25, 0.3) is 0 Å². The Morgan fingerprint density at radius 1 is 1.43 bits per heavy atom. The number of aliphatic carboxylic acids is 1. The van der Waals surface area contributed by atoms with Crippen LogP contribution >= 0.6 is 11.6 Å². The molecule has 14 heavy (non-hydrogen) atoms. The fourth-order valence-corrected chi connectivity index (χ4v) is 1.42. The molecule has 3 heteroatoms. The first-order valence-corrected chi connectivity index (χ1v) is 4.88. The minimum atomic E-state index is -0.815. The van der Waals surface area contributed by atoms with Gasteiger partial charge in [0.05, 0.1) is 5.41 Å². The van der Waals surface area contributed by atoms with E-state index in [1.165, 1.54) is 0 Å². The van der Waals surface area contributed by atoms with Gasteiger partial charge in [0.15, 0.2) is 0 Å². The van der Waals surface area contributed by atoms with Crippen LogP contribution in [0.3, 0.4) is 0 Å². The molecule has 2 nitrogen and oxygen atoms in total. The van der Waals surface area contributed by atoms with E-state index in [0.29, 0.717) is 11.4 Å². The van der Waals surface area contributed by atoms with Gasteiger partial charge in [0, 0.05) is 5.02 Å². The normalized spacial score (nSPS) is 14.8. The third kappa shape index (κ3) is 1.90. The van der Waals surface area contributed by atoms with Crippen LogP contribution in [0.1, 0.15) is 25.8 Å². The number of halogens is 1. The Labute approximate surface area is 88.5 Å². The van der Waals surface area contributed by atoms with Crippen LogP contribution in [0.15, 0.2) is 24.3 Å². The molecule has 0 aliphatic rings. The minimum Gasteiger partial charge on any atom is -0.481 e. The average molecular weight is 213 g/mol. The summed E-state index contributed by atoms with van der Waals surface area (Å²) in [5.41, 5.74) is -0.0261. The topological polar surface area (TPSA) is 37.3 Å². The van der Waals surface area contributed by atoms with Crippen LogP contribution in [0, 0.1) is 0 Å². The first kappa shape index (κ1) is 11.1. The maximum absolute atomic E-state index is 11.1. The molecule has 1 aromatic carbocycles. The second-order valence-corrected chi connectivity index (χ2v) is 3.93. The molecule has 0 radical (unpaired) electrons. The van der Waals surface area contributed by atoms with Gasteiger partial charge in [-0.15, -0.1) is 0 Å². The zero-order valence-corrected chi connectivity index (χ0v) is 9.01. The number of carboxylic acid groups (broad SMARTS) is 1. The van der Waals surface area contributed by atoms with Gasteiger partial charge in [0.2, 0.25) is 0 Å². The molecule has 1 rings (SSSR count). The monoisotopic (exact) mass is 212 g/mol. The van der Waals surface area contributed by atoms with E-state index < -0.39 is 11.4 Å². The summed E-state index contributed by atoms with van der Waals surface area (Å²) >= 11 is 5.74. The molecule has 0 saturated heterocycles. The smallest absolute Gasteiger partial charge is 0.313 e. The third-order valence-electron chi connectivity index (χ3n) is 2.66. The lowest BCUT2D eigenvalue weighted by molar-refractivity contribution is -0.143. The number of carbonyl (C=O) groups is 1. The summed E-state index contributed by atoms with van der Waals surface area (Å²) in [4.78, 5) is 11.1. The van der Waals surface area contributed by atoms with Crippen molar-refractivity contribution >= 4 is 17.6 Å². The van der Waals surface area contributed by atoms with Gasteiger partial charge in [-0.1, -0.05) is 30.7 Å². The zero-order chi connectivity index (χ0) is 10.8. The summed E-state index contributed by atoms with van der Waals surface area (Å²) in [5, 5.41) is 9.75. The number of carboxylic acids is 1. The van der Waals surface area contributed by atoms with Crippen LogP contribution in [0.2, 0.25) is 5.02 Å². The Morgan fingerprint density at radius 3 is 2.29 bits per heavy atom. The molecule has 0 aromatic heterocycles. The maximum atomic E-state index is 11.1. The average Bonchev–Trinajstić information content (AvgIpc) is 2.17. The van der Waals surface area contributed by atoms with E-state index in [1.54, 1.807) is 31.2 Å². The third-order valence-corrected chi connectivity index (χ3v) is 2.91. The van der Waals surface area contributed by atoms with Gasteiger partial charge in [-0.3, -0.25) is 4.79 Å². The molecule has 1 atom stereocenters. The molecule has 1 N–H and O–H groups in total. The van der Waals surface area contributed by atoms with Crippen molar-refractivity contribution in [2.45, 2.75) is 25.7 Å². The molecule has 0 saturated carbocycles. The van der Waals surface area contributed by atoms with Crippen molar-refractivity contribution in [3.05, 3.63) is 34.9 Å². The SMILES string of the molecule is CCC(C)(C(=O)O)c1ccc(Cl)cc1. The first-order chi connectivity index (χ1) is 6.50. The zero-order valence-electron chi connectivity index (χ0n) is 8.25. The number of benzene rings is 1. The second-order valence-electron chi connectivity index (χ2n) is 3.50. The molecule has 0 bridgehead atoms. The maximum Gasteiger partial charge on any atom is 0.313 e. The summed E-state index contributed by atoms with van der Waals surface area (Å²) in [7, 11) is 0. The summed E-state index contributed by atoms with van der Waals surface area (Å²) in [6, 6.07) is 6.96. The number of hydrogen-bond donors (Lipinski definition) is 1. The Kier molecular flexibility index (Phi) is 3.17. The van der Waals surface area contributed by atoms with Crippen LogP contribution < -0.4 is 0 Å². The van der Waals surface area contributed by atoms with Crippen molar-refractivity contribution in [1.29, 1.82) is 0 Å². The van der Waals surface area contributed by atoms with Crippen molar-refractivity contribution in [3.63, 3.8) is 0 Å². The Bertz CT molecular complexity index is 332. The fraction of sp³-hybridized carbons (Fsp3) is 0.364. The van der Waals surface area contributed by atoms with Crippen LogP contribution in [-0.4, -0.2) is 11.1 Å². The molecule has 1 unspecified atom stereocenters. The molecular formula is C11H13ClO2. The Hall–Kier alpha value is -1.02. The van der Waals surface area contributed by atoms with Crippen molar-refractivity contribution < 1.29 is 9.90 Å². The van der Waals surface area contributed by atoms with E-state index in [0.717, 1.165) is 5.56 Å². The van der Waals surface area contributed by atoms with E-state index in [4.69, 9.17) is 16.7 Å². The first-order valence-electron chi connectivity index (χ1n) is 4.50. The molecule has 0 heterocycles. The van der Waals surface area contributed by atoms with E-state index >= 15 is 0 Å². The van der Waals surface area contributed by atoms with E-state index in [2.05, 4.69) is 0 Å². The molecule has 0 amide bonds. The van der Waals surface area contributed by atoms with Gasteiger partial charge < -0.3 is 5.11 Å². The molecule has 0 aliphatic heterocycles. The highest BCUT2D eigenvalue weighted by molar-refractivity contribution is 6.30. The van der Waals surface area contributed by atoms with Crippen molar-refractivity contribution in [2.24, 2.45) is 0 Å². The van der Waals surface area contributed by atoms with Gasteiger partial charge in [-0.25, -0.2) is 0 Å². The Balaban J connectivity index is 3.13. The molecule has 0 fully saturated rings. The summed E-state index contributed by atoms with van der Waals surface area (Å²) in [6.45, 7) is 3.58. The number of hydrogen-bond acceptors (Lipinski definition) is 1. The van der Waals surface area contributed by atoms with Crippen molar-refractivity contribution in [3.8, 4) is 0 Å². The lowest BCUT2D eigenvalue weighted by atomic mass is 9.80. The van der Waals surface area contributed by atoms with Crippen LogP contribution in [0.25, 0.3) is 0 Å². The minimum absolute atomic E-state index is 0.559. The summed E-state index contributed by atoms with van der Waals surface area (Å²) in [6.07, 6.45) is 0.559. The van der Waals surface area contributed by atoms with Crippen LogP contribution in [0.4, 0.5) is 0 Å². The molecule has 1 aromatic rings. The largest absolute Gasteiger partial charge is 0.481 e. The number of rotatable bonds is 3. The summed E-state index contributed by atoms with van der Waals surface area (Å²) < 4.78 is 0. The lowest BCUT2D eigenvalue weighted by Crippen LogP contribution is -2.31. The molecular weight excluding hydrogens is 200 g/mol. The summed E-state index contributed by atoms with van der Waals surface area (Å²) in [5.74, 6) is -0.803. The van der Waals surface area contributed by atoms with E-state index in [-0.39, 0.29) is 0 Å². The predicted molar refractivity (Wildman–Crippen MR) is 56.7 cm³/mol. The van der Waals surface area contributed by atoms with Gasteiger partial charge in [-0.05, 0) is 31.0 Å². The second kappa shape index (κ2) is 4.01. The lowest BCUT2D eigenvalue weighted by Gasteiger charge is -2.23. The van der Waals surface area contributed by atoms with E-state index in [1.807, 2.05) is 6.92 Å². The van der Waals surface area contributed by atoms with Crippen molar-refractivity contribution in [2.75, 3.05) is 0 Å². The highest BCUT2D eigenvalue weighted by atomic mass is 35.5. The predicted octanol–water partition coefficient (Wildman–Crippen LogP) is 3.09. The highest BCUT2D eigenvalue weighted by Gasteiger charge is 2.32. The van der Waals surface area contributed by atoms with Gasteiger partial charge in [0.1, 0.15) is 0 Å². The molecule has 0 aliphatic carbocycles. The van der Waals surface area contributed by atoms with E-state index in [9.17, 15) is 4.79 Å². The Morgan fingerprint density at radius 2 is 1.93 bits per heavy atom. The molecule has 0 spiro atoms. The van der Waals surface area contributed by atoms with Gasteiger partial charge >= 0.3 is 5.97 Å². The quantitative estimate of drug-likeness (QED) is 0.836.